The Balaban J connectivity index is 0.000000359. The third-order valence-corrected chi connectivity index (χ3v) is 3.76. The van der Waals surface area contributed by atoms with Gasteiger partial charge in [-0.2, -0.15) is 0 Å². The topological polar surface area (TPSA) is 153 Å². The number of anilines is 1. The van der Waals surface area contributed by atoms with Crippen LogP contribution in [0.2, 0.25) is 0 Å². The molecule has 1 aliphatic carbocycles. The van der Waals surface area contributed by atoms with Crippen LogP contribution in [-0.2, 0) is 16.0 Å². The largest absolute Gasteiger partial charge is 0.506 e. The van der Waals surface area contributed by atoms with Crippen LogP contribution >= 0.6 is 0 Å². The number of rotatable bonds is 3. The monoisotopic (exact) mass is 366 g/mol. The molecule has 0 saturated carbocycles. The van der Waals surface area contributed by atoms with Crippen molar-refractivity contribution in [3.63, 3.8) is 0 Å². The maximum absolute atomic E-state index is 10.4. The Labute approximate surface area is 152 Å². The second-order valence-corrected chi connectivity index (χ2v) is 7.06. The van der Waals surface area contributed by atoms with Crippen LogP contribution in [0.5, 0.6) is 5.75 Å². The zero-order valence-electron chi connectivity index (χ0n) is 15.1. The number of benzene rings is 1. The number of aromatic hydroxyl groups is 1. The highest BCUT2D eigenvalue weighted by Crippen LogP contribution is 2.37. The first-order chi connectivity index (χ1) is 11.9. The highest BCUT2D eigenvalue weighted by molar-refractivity contribution is 5.89. The highest BCUT2D eigenvalue weighted by atomic mass is 16.4. The van der Waals surface area contributed by atoms with Gasteiger partial charge in [0.2, 0.25) is 0 Å². The van der Waals surface area contributed by atoms with Crippen molar-refractivity contribution in [1.82, 2.24) is 5.32 Å². The molecule has 0 saturated heterocycles. The number of phenolic OH excluding ortho intramolecular Hbond substituents is 1. The molecule has 1 aromatic rings. The molecular formula is C18H26N2O6. The molecule has 1 aromatic carbocycles. The van der Waals surface area contributed by atoms with Crippen molar-refractivity contribution in [3.8, 4) is 5.75 Å². The first kappa shape index (κ1) is 21.5. The third-order valence-electron chi connectivity index (χ3n) is 3.76. The quantitative estimate of drug-likeness (QED) is 0.267. The molecule has 26 heavy (non-hydrogen) atoms. The Bertz CT molecular complexity index is 678. The van der Waals surface area contributed by atoms with Crippen molar-refractivity contribution in [2.24, 2.45) is 0 Å². The lowest BCUT2D eigenvalue weighted by molar-refractivity contribution is -0.134. The van der Waals surface area contributed by atoms with Crippen LogP contribution in [0.4, 0.5) is 5.69 Å². The lowest BCUT2D eigenvalue weighted by atomic mass is 9.83. The Hall–Kier alpha value is -2.58. The highest BCUT2D eigenvalue weighted by Gasteiger charge is 2.31. The second-order valence-electron chi connectivity index (χ2n) is 7.06. The number of nitrogens with one attached hydrogen (secondary N) is 1. The fourth-order valence-corrected chi connectivity index (χ4v) is 2.75. The van der Waals surface area contributed by atoms with E-state index in [-0.39, 0.29) is 17.3 Å². The fraction of sp³-hybridized carbons (Fsp3) is 0.444. The van der Waals surface area contributed by atoms with Gasteiger partial charge in [0.25, 0.3) is 0 Å². The minimum Gasteiger partial charge on any atom is -0.506 e. The van der Waals surface area contributed by atoms with Crippen LogP contribution in [-0.4, -0.2) is 43.9 Å². The van der Waals surface area contributed by atoms with Crippen molar-refractivity contribution in [2.45, 2.75) is 51.3 Å². The fourth-order valence-electron chi connectivity index (χ4n) is 2.75. The predicted octanol–water partition coefficient (Wildman–Crippen LogP) is 1.42. The zero-order chi connectivity index (χ0) is 20.1. The molecule has 0 aromatic heterocycles. The van der Waals surface area contributed by atoms with E-state index in [0.717, 1.165) is 24.0 Å². The van der Waals surface area contributed by atoms with E-state index in [9.17, 15) is 19.8 Å². The first-order valence-corrected chi connectivity index (χ1v) is 8.12. The van der Waals surface area contributed by atoms with E-state index in [4.69, 9.17) is 15.9 Å². The Kier molecular flexibility index (Phi) is 7.17. The van der Waals surface area contributed by atoms with Crippen LogP contribution in [0.15, 0.2) is 24.3 Å². The number of carboxylic acid groups (broad SMARTS) is 2. The maximum Gasteiger partial charge on any atom is 0.328 e. The van der Waals surface area contributed by atoms with Gasteiger partial charge in [-0.05, 0) is 50.8 Å². The van der Waals surface area contributed by atoms with E-state index in [1.807, 2.05) is 0 Å². The molecule has 0 aliphatic heterocycles. The number of hydrogen-bond acceptors (Lipinski definition) is 6. The van der Waals surface area contributed by atoms with Gasteiger partial charge in [-0.15, -0.1) is 0 Å². The number of aliphatic hydroxyl groups excluding tert-OH is 1. The van der Waals surface area contributed by atoms with Crippen LogP contribution in [0, 0.1) is 0 Å². The lowest BCUT2D eigenvalue weighted by Crippen LogP contribution is -2.48. The number of phenols is 1. The standard InChI is InChI=1S/C14H22N2O2.C4H4O4/c1-14(2,3)16-10-6-4-8-9(13(10)18)5-7-11(17)12(8)15;5-3(6)1-2-4(7)8/h5,7,10,13,16-18H,4,6,15H2,1-3H3;1-2H,(H,5,6)(H,7,8). The van der Waals surface area contributed by atoms with Crippen molar-refractivity contribution in [1.29, 1.82) is 0 Å². The lowest BCUT2D eigenvalue weighted by Gasteiger charge is -2.36. The molecule has 0 heterocycles. The van der Waals surface area contributed by atoms with E-state index in [0.29, 0.717) is 17.8 Å². The molecule has 2 atom stereocenters. The van der Waals surface area contributed by atoms with Crippen LogP contribution in [0.25, 0.3) is 0 Å². The van der Waals surface area contributed by atoms with Gasteiger partial charge in [0.05, 0.1) is 11.8 Å². The summed E-state index contributed by atoms with van der Waals surface area (Å²) in [5.41, 5.74) is 7.94. The van der Waals surface area contributed by atoms with Crippen LogP contribution < -0.4 is 11.1 Å². The van der Waals surface area contributed by atoms with Crippen molar-refractivity contribution < 1.29 is 30.0 Å². The van der Waals surface area contributed by atoms with E-state index >= 15 is 0 Å². The van der Waals surface area contributed by atoms with Gasteiger partial charge >= 0.3 is 11.9 Å². The van der Waals surface area contributed by atoms with Crippen molar-refractivity contribution in [2.75, 3.05) is 5.73 Å². The van der Waals surface area contributed by atoms with Crippen molar-refractivity contribution in [3.05, 3.63) is 35.4 Å². The third kappa shape index (κ3) is 6.38. The number of nitrogen functional groups attached to an aromatic ring is 1. The van der Waals surface area contributed by atoms with Crippen LogP contribution in [0.1, 0.15) is 44.4 Å². The predicted molar refractivity (Wildman–Crippen MR) is 96.9 cm³/mol. The second kappa shape index (κ2) is 8.68. The van der Waals surface area contributed by atoms with Crippen molar-refractivity contribution >= 4 is 17.6 Å². The molecule has 1 aliphatic rings. The summed E-state index contributed by atoms with van der Waals surface area (Å²) >= 11 is 0. The number of carbonyl (C=O) groups is 2. The first-order valence-electron chi connectivity index (χ1n) is 8.12. The molecule has 0 spiro atoms. The Morgan fingerprint density at radius 1 is 1.19 bits per heavy atom. The summed E-state index contributed by atoms with van der Waals surface area (Å²) in [6.45, 7) is 6.25. The molecule has 8 nitrogen and oxygen atoms in total. The summed E-state index contributed by atoms with van der Waals surface area (Å²) < 4.78 is 0. The Morgan fingerprint density at radius 2 is 1.73 bits per heavy atom. The molecule has 7 N–H and O–H groups in total. The Morgan fingerprint density at radius 3 is 2.19 bits per heavy atom. The van der Waals surface area contributed by atoms with Gasteiger partial charge in [-0.3, -0.25) is 0 Å². The summed E-state index contributed by atoms with van der Waals surface area (Å²) in [6.07, 6.45) is 2.14. The smallest absolute Gasteiger partial charge is 0.328 e. The average molecular weight is 366 g/mol. The number of aliphatic hydroxyl groups is 1. The number of hydrogen-bond donors (Lipinski definition) is 6. The van der Waals surface area contributed by atoms with Gasteiger partial charge in [0.1, 0.15) is 5.75 Å². The van der Waals surface area contributed by atoms with Gasteiger partial charge in [0.15, 0.2) is 0 Å². The van der Waals surface area contributed by atoms with Gasteiger partial charge in [-0.1, -0.05) is 6.07 Å². The maximum atomic E-state index is 10.4. The minimum atomic E-state index is -1.26. The molecule has 144 valence electrons. The number of carboxylic acids is 2. The molecule has 2 unspecified atom stereocenters. The van der Waals surface area contributed by atoms with Gasteiger partial charge in [0, 0.05) is 23.7 Å². The molecule has 0 fully saturated rings. The molecule has 8 heteroatoms. The average Bonchev–Trinajstić information content (AvgIpc) is 2.51. The summed E-state index contributed by atoms with van der Waals surface area (Å²) in [5, 5.41) is 39.0. The zero-order valence-corrected chi connectivity index (χ0v) is 15.1. The molecule has 2 rings (SSSR count). The summed E-state index contributed by atoms with van der Waals surface area (Å²) in [4.78, 5) is 19.1. The molecule has 0 radical (unpaired) electrons. The van der Waals surface area contributed by atoms with E-state index < -0.39 is 18.0 Å². The molecule has 0 bridgehead atoms. The van der Waals surface area contributed by atoms with Crippen LogP contribution in [0.3, 0.4) is 0 Å². The molecular weight excluding hydrogens is 340 g/mol. The number of nitrogens with two attached hydrogens (primary N) is 1. The summed E-state index contributed by atoms with van der Waals surface area (Å²) in [5.74, 6) is -2.41. The minimum absolute atomic E-state index is 0.0291. The molecule has 0 amide bonds. The van der Waals surface area contributed by atoms with E-state index in [1.54, 1.807) is 12.1 Å². The summed E-state index contributed by atoms with van der Waals surface area (Å²) in [7, 11) is 0. The number of fused-ring (bicyclic) bond motifs is 1. The summed E-state index contributed by atoms with van der Waals surface area (Å²) in [6, 6.07) is 3.35. The normalized spacial score (nSPS) is 19.4. The van der Waals surface area contributed by atoms with Gasteiger partial charge < -0.3 is 31.5 Å². The van der Waals surface area contributed by atoms with E-state index in [2.05, 4.69) is 26.1 Å². The number of aliphatic carboxylic acids is 2. The SMILES string of the molecule is CC(C)(C)NC1CCc2c(ccc(O)c2N)C1O.O=C(O)C=CC(=O)O. The van der Waals surface area contributed by atoms with Gasteiger partial charge in [-0.25, -0.2) is 9.59 Å². The van der Waals surface area contributed by atoms with E-state index in [1.165, 1.54) is 0 Å².